The van der Waals surface area contributed by atoms with Gasteiger partial charge in [0.15, 0.2) is 0 Å². The third kappa shape index (κ3) is 1.32. The lowest BCUT2D eigenvalue weighted by Gasteiger charge is -2.02. The van der Waals surface area contributed by atoms with Crippen LogP contribution in [0.2, 0.25) is 0 Å². The number of halogens is 1. The molecule has 0 aliphatic rings. The van der Waals surface area contributed by atoms with E-state index in [2.05, 4.69) is 15.9 Å². The van der Waals surface area contributed by atoms with Gasteiger partial charge in [-0.2, -0.15) is 0 Å². The predicted octanol–water partition coefficient (Wildman–Crippen LogP) is 2.77. The van der Waals surface area contributed by atoms with E-state index >= 15 is 0 Å². The molecule has 1 N–H and O–H groups in total. The summed E-state index contributed by atoms with van der Waals surface area (Å²) in [7, 11) is 0. The molecule has 0 amide bonds. The molecule has 1 nitrogen and oxygen atoms in total. The number of rotatable bonds is 0. The minimum atomic E-state index is 0.315. The lowest BCUT2D eigenvalue weighted by Crippen LogP contribution is -1.80. The molecule has 0 unspecified atom stereocenters. The Morgan fingerprint density at radius 1 is 1.30 bits per heavy atom. The van der Waals surface area contributed by atoms with Gasteiger partial charge in [-0.15, -0.1) is 0 Å². The van der Waals surface area contributed by atoms with Crippen LogP contribution in [-0.4, -0.2) is 5.11 Å². The molecule has 1 aromatic carbocycles. The molecule has 0 fully saturated rings. The topological polar surface area (TPSA) is 20.2 Å². The number of phenols is 1. The molecule has 10 heavy (non-hydrogen) atoms. The van der Waals surface area contributed by atoms with Crippen LogP contribution in [0.3, 0.4) is 0 Å². The van der Waals surface area contributed by atoms with Crippen LogP contribution in [0.1, 0.15) is 11.1 Å². The molecular weight excluding hydrogens is 192 g/mol. The number of benzene rings is 1. The molecule has 1 rings (SSSR count). The molecular formula is C8H9BrO. The van der Waals surface area contributed by atoms with Crippen LogP contribution in [0.25, 0.3) is 0 Å². The molecule has 0 saturated heterocycles. The van der Waals surface area contributed by atoms with Gasteiger partial charge in [-0.3, -0.25) is 0 Å². The quantitative estimate of drug-likeness (QED) is 0.684. The Balaban J connectivity index is 3.31. The maximum absolute atomic E-state index is 9.09. The first kappa shape index (κ1) is 7.61. The Kier molecular flexibility index (Phi) is 2.00. The van der Waals surface area contributed by atoms with E-state index in [4.69, 9.17) is 5.11 Å². The van der Waals surface area contributed by atoms with Crippen LogP contribution in [0.15, 0.2) is 16.6 Å². The predicted molar refractivity (Wildman–Crippen MR) is 45.3 cm³/mol. The highest BCUT2D eigenvalue weighted by atomic mass is 79.9. The van der Waals surface area contributed by atoms with E-state index in [0.717, 1.165) is 10.0 Å². The van der Waals surface area contributed by atoms with Gasteiger partial charge in [0, 0.05) is 4.47 Å². The van der Waals surface area contributed by atoms with Gasteiger partial charge in [-0.25, -0.2) is 0 Å². The lowest BCUT2D eigenvalue weighted by atomic mass is 10.1. The van der Waals surface area contributed by atoms with Crippen LogP contribution in [0.5, 0.6) is 5.75 Å². The highest BCUT2D eigenvalue weighted by molar-refractivity contribution is 9.10. The van der Waals surface area contributed by atoms with Gasteiger partial charge in [-0.1, -0.05) is 15.9 Å². The first-order valence-electron chi connectivity index (χ1n) is 3.07. The van der Waals surface area contributed by atoms with E-state index in [1.165, 1.54) is 5.56 Å². The van der Waals surface area contributed by atoms with Crippen molar-refractivity contribution in [2.45, 2.75) is 13.8 Å². The largest absolute Gasteiger partial charge is 0.508 e. The highest BCUT2D eigenvalue weighted by Gasteiger charge is 1.99. The summed E-state index contributed by atoms with van der Waals surface area (Å²) >= 11 is 3.34. The summed E-state index contributed by atoms with van der Waals surface area (Å²) in [4.78, 5) is 0. The van der Waals surface area contributed by atoms with Crippen molar-refractivity contribution in [2.75, 3.05) is 0 Å². The number of hydrogen-bond donors (Lipinski definition) is 1. The summed E-state index contributed by atoms with van der Waals surface area (Å²) in [5.41, 5.74) is 2.28. The molecule has 0 heterocycles. The molecule has 0 radical (unpaired) electrons. The second-order valence-electron chi connectivity index (χ2n) is 2.37. The smallest absolute Gasteiger partial charge is 0.116 e. The van der Waals surface area contributed by atoms with Crippen LogP contribution in [-0.2, 0) is 0 Å². The van der Waals surface area contributed by atoms with Crippen molar-refractivity contribution in [3.05, 3.63) is 27.7 Å². The van der Waals surface area contributed by atoms with Gasteiger partial charge in [0.05, 0.1) is 0 Å². The molecule has 0 bridgehead atoms. The fourth-order valence-electron chi connectivity index (χ4n) is 0.798. The summed E-state index contributed by atoms with van der Waals surface area (Å²) in [6, 6.07) is 3.45. The minimum absolute atomic E-state index is 0.315. The molecule has 0 aliphatic heterocycles. The van der Waals surface area contributed by atoms with Gasteiger partial charge < -0.3 is 5.11 Å². The van der Waals surface area contributed by atoms with Crippen LogP contribution in [0, 0.1) is 13.8 Å². The molecule has 0 aliphatic carbocycles. The third-order valence-electron chi connectivity index (χ3n) is 1.59. The highest BCUT2D eigenvalue weighted by Crippen LogP contribution is 2.24. The fraction of sp³-hybridized carbons (Fsp3) is 0.250. The van der Waals surface area contributed by atoms with Gasteiger partial charge in [0.25, 0.3) is 0 Å². The van der Waals surface area contributed by atoms with E-state index < -0.39 is 0 Å². The first-order valence-corrected chi connectivity index (χ1v) is 3.86. The van der Waals surface area contributed by atoms with Gasteiger partial charge in [0.2, 0.25) is 0 Å². The van der Waals surface area contributed by atoms with Crippen molar-refractivity contribution in [3.63, 3.8) is 0 Å². The molecule has 1 aromatic rings. The zero-order valence-corrected chi connectivity index (χ0v) is 7.57. The maximum Gasteiger partial charge on any atom is 0.116 e. The Morgan fingerprint density at radius 2 is 1.90 bits per heavy atom. The zero-order valence-electron chi connectivity index (χ0n) is 5.98. The van der Waals surface area contributed by atoms with E-state index in [1.807, 2.05) is 13.8 Å². The summed E-state index contributed by atoms with van der Waals surface area (Å²) in [5, 5.41) is 9.09. The number of aryl methyl sites for hydroxylation is 1. The summed E-state index contributed by atoms with van der Waals surface area (Å²) in [6.45, 7) is 3.98. The van der Waals surface area contributed by atoms with Gasteiger partial charge >= 0.3 is 0 Å². The standard InChI is InChI=1S/C8H9BrO/c1-5-3-7(10)4-8(9)6(5)2/h3-4,10H,1-2H3. The van der Waals surface area contributed by atoms with Gasteiger partial charge in [0.1, 0.15) is 5.75 Å². The zero-order chi connectivity index (χ0) is 7.72. The Bertz CT molecular complexity index is 232. The normalized spacial score (nSPS) is 9.90. The van der Waals surface area contributed by atoms with Crippen LogP contribution in [0.4, 0.5) is 0 Å². The van der Waals surface area contributed by atoms with Crippen molar-refractivity contribution in [2.24, 2.45) is 0 Å². The molecule has 0 atom stereocenters. The van der Waals surface area contributed by atoms with E-state index in [-0.39, 0.29) is 0 Å². The van der Waals surface area contributed by atoms with E-state index in [9.17, 15) is 0 Å². The number of aromatic hydroxyl groups is 1. The van der Waals surface area contributed by atoms with Crippen molar-refractivity contribution < 1.29 is 5.11 Å². The minimum Gasteiger partial charge on any atom is -0.508 e. The molecule has 54 valence electrons. The van der Waals surface area contributed by atoms with Crippen molar-refractivity contribution in [1.29, 1.82) is 0 Å². The van der Waals surface area contributed by atoms with Gasteiger partial charge in [-0.05, 0) is 37.1 Å². The Hall–Kier alpha value is -0.500. The molecule has 0 spiro atoms. The molecule has 0 aromatic heterocycles. The SMILES string of the molecule is Cc1cc(O)cc(Br)c1C. The lowest BCUT2D eigenvalue weighted by molar-refractivity contribution is 0.474. The second-order valence-corrected chi connectivity index (χ2v) is 3.22. The Labute approximate surface area is 68.8 Å². The van der Waals surface area contributed by atoms with Crippen molar-refractivity contribution in [1.82, 2.24) is 0 Å². The molecule has 2 heteroatoms. The average molecular weight is 201 g/mol. The maximum atomic E-state index is 9.09. The second kappa shape index (κ2) is 2.62. The third-order valence-corrected chi connectivity index (χ3v) is 2.41. The van der Waals surface area contributed by atoms with Crippen molar-refractivity contribution in [3.8, 4) is 5.75 Å². The van der Waals surface area contributed by atoms with E-state index in [1.54, 1.807) is 12.1 Å². The molecule has 0 saturated carbocycles. The summed E-state index contributed by atoms with van der Waals surface area (Å²) in [6.07, 6.45) is 0. The monoisotopic (exact) mass is 200 g/mol. The average Bonchev–Trinajstić information content (AvgIpc) is 1.82. The first-order chi connectivity index (χ1) is 4.61. The fourth-order valence-corrected chi connectivity index (χ4v) is 1.35. The van der Waals surface area contributed by atoms with Crippen LogP contribution >= 0.6 is 15.9 Å². The Morgan fingerprint density at radius 3 is 2.40 bits per heavy atom. The summed E-state index contributed by atoms with van der Waals surface area (Å²) < 4.78 is 0.963. The number of phenolic OH excluding ortho intramolecular Hbond substituents is 1. The summed E-state index contributed by atoms with van der Waals surface area (Å²) in [5.74, 6) is 0.315. The van der Waals surface area contributed by atoms with Crippen LogP contribution < -0.4 is 0 Å². The van der Waals surface area contributed by atoms with E-state index in [0.29, 0.717) is 5.75 Å². The van der Waals surface area contributed by atoms with Crippen molar-refractivity contribution >= 4 is 15.9 Å². The number of hydrogen-bond acceptors (Lipinski definition) is 1.